The van der Waals surface area contributed by atoms with E-state index in [2.05, 4.69) is 20.3 Å². The van der Waals surface area contributed by atoms with Gasteiger partial charge in [0.2, 0.25) is 0 Å². The second kappa shape index (κ2) is 5.86. The summed E-state index contributed by atoms with van der Waals surface area (Å²) in [4.78, 5) is 23.5. The number of hydrogen-bond acceptors (Lipinski definition) is 5. The van der Waals surface area contributed by atoms with Gasteiger partial charge in [0.15, 0.2) is 11.5 Å². The van der Waals surface area contributed by atoms with Gasteiger partial charge in [-0.25, -0.2) is 14.8 Å². The van der Waals surface area contributed by atoms with E-state index in [4.69, 9.17) is 16.0 Å². The van der Waals surface area contributed by atoms with Crippen molar-refractivity contribution >= 4 is 34.3 Å². The molecule has 0 aliphatic rings. The molecule has 0 saturated carbocycles. The highest BCUT2D eigenvalue weighted by Gasteiger charge is 2.14. The number of fused-ring (bicyclic) bond motifs is 1. The minimum atomic E-state index is -0.281. The molecule has 0 fully saturated rings. The number of halogens is 1. The Morgan fingerprint density at radius 3 is 2.96 bits per heavy atom. The lowest BCUT2D eigenvalue weighted by Gasteiger charge is -2.06. The number of aromatic nitrogens is 4. The van der Waals surface area contributed by atoms with Crippen LogP contribution in [0, 0.1) is 0 Å². The predicted octanol–water partition coefficient (Wildman–Crippen LogP) is 3.16. The Bertz CT molecular complexity index is 1050. The first-order chi connectivity index (χ1) is 11.7. The first kappa shape index (κ1) is 14.5. The maximum atomic E-state index is 12.3. The van der Waals surface area contributed by atoms with Gasteiger partial charge in [-0.2, -0.15) is 0 Å². The van der Waals surface area contributed by atoms with E-state index in [0.29, 0.717) is 34.3 Å². The first-order valence-corrected chi connectivity index (χ1v) is 7.57. The van der Waals surface area contributed by atoms with Gasteiger partial charge in [0.05, 0.1) is 12.8 Å². The Balaban J connectivity index is 1.77. The summed E-state index contributed by atoms with van der Waals surface area (Å²) in [5.74, 6) is 1.17. The summed E-state index contributed by atoms with van der Waals surface area (Å²) in [6, 6.07) is 10.8. The van der Waals surface area contributed by atoms with E-state index in [0.717, 1.165) is 5.69 Å². The van der Waals surface area contributed by atoms with Gasteiger partial charge in [0.25, 0.3) is 0 Å². The molecule has 0 aliphatic heterocycles. The van der Waals surface area contributed by atoms with Gasteiger partial charge < -0.3 is 14.7 Å². The molecule has 4 aromatic rings. The molecule has 0 amide bonds. The molecule has 0 bridgehead atoms. The van der Waals surface area contributed by atoms with E-state index in [1.165, 1.54) is 10.9 Å². The Hall–Kier alpha value is -3.06. The lowest BCUT2D eigenvalue weighted by molar-refractivity contribution is 0.492. The molecule has 0 aliphatic carbocycles. The maximum absolute atomic E-state index is 12.3. The van der Waals surface area contributed by atoms with Crippen LogP contribution in [0.15, 0.2) is 58.2 Å². The number of H-pyrrole nitrogens is 1. The van der Waals surface area contributed by atoms with Crippen LogP contribution in [0.3, 0.4) is 0 Å². The summed E-state index contributed by atoms with van der Waals surface area (Å²) >= 11 is 5.99. The van der Waals surface area contributed by atoms with E-state index in [9.17, 15) is 4.79 Å². The Morgan fingerprint density at radius 1 is 1.25 bits per heavy atom. The van der Waals surface area contributed by atoms with E-state index in [1.54, 1.807) is 30.5 Å². The monoisotopic (exact) mass is 341 g/mol. The predicted molar refractivity (Wildman–Crippen MR) is 90.7 cm³/mol. The number of rotatable bonds is 4. The third-order valence-electron chi connectivity index (χ3n) is 3.54. The van der Waals surface area contributed by atoms with Gasteiger partial charge in [-0.1, -0.05) is 17.7 Å². The number of imidazole rings is 1. The van der Waals surface area contributed by atoms with Gasteiger partial charge in [0, 0.05) is 10.7 Å². The van der Waals surface area contributed by atoms with E-state index < -0.39 is 0 Å². The third kappa shape index (κ3) is 2.65. The fraction of sp³-hybridized carbons (Fsp3) is 0.0625. The maximum Gasteiger partial charge on any atom is 0.328 e. The molecule has 8 heteroatoms. The van der Waals surface area contributed by atoms with E-state index in [1.807, 2.05) is 12.1 Å². The van der Waals surface area contributed by atoms with Crippen molar-refractivity contribution in [3.8, 4) is 0 Å². The highest BCUT2D eigenvalue weighted by atomic mass is 35.5. The minimum Gasteiger partial charge on any atom is -0.467 e. The van der Waals surface area contributed by atoms with Gasteiger partial charge in [0.1, 0.15) is 17.6 Å². The van der Waals surface area contributed by atoms with Crippen LogP contribution in [0.4, 0.5) is 11.5 Å². The molecule has 1 aromatic carbocycles. The lowest BCUT2D eigenvalue weighted by Crippen LogP contribution is -2.17. The lowest BCUT2D eigenvalue weighted by atomic mass is 10.3. The molecular weight excluding hydrogens is 330 g/mol. The second-order valence-corrected chi connectivity index (χ2v) is 5.59. The van der Waals surface area contributed by atoms with Crippen molar-refractivity contribution in [2.24, 2.45) is 0 Å². The van der Waals surface area contributed by atoms with E-state index >= 15 is 0 Å². The normalized spacial score (nSPS) is 11.0. The molecule has 3 heterocycles. The number of aromatic amines is 1. The van der Waals surface area contributed by atoms with Crippen molar-refractivity contribution in [3.63, 3.8) is 0 Å². The number of nitrogens with one attached hydrogen (secondary N) is 2. The summed E-state index contributed by atoms with van der Waals surface area (Å²) in [5.41, 5.74) is 1.50. The molecule has 120 valence electrons. The standard InChI is InChI=1S/C16H12ClN5O2/c17-10-3-1-4-11(7-10)20-14-13-15(19-9-18-14)22(16(23)21-13)8-12-5-2-6-24-12/h1-7,9H,8H2,(H,21,23)(H,18,19,20). The van der Waals surface area contributed by atoms with Gasteiger partial charge in [-0.15, -0.1) is 0 Å². The molecule has 0 radical (unpaired) electrons. The van der Waals surface area contributed by atoms with Crippen molar-refractivity contribution in [2.75, 3.05) is 5.32 Å². The second-order valence-electron chi connectivity index (χ2n) is 5.15. The highest BCUT2D eigenvalue weighted by molar-refractivity contribution is 6.30. The number of hydrogen-bond donors (Lipinski definition) is 2. The number of nitrogens with zero attached hydrogens (tertiary/aromatic N) is 3. The Morgan fingerprint density at radius 2 is 2.17 bits per heavy atom. The summed E-state index contributed by atoms with van der Waals surface area (Å²) in [6.45, 7) is 0.291. The minimum absolute atomic E-state index is 0.281. The summed E-state index contributed by atoms with van der Waals surface area (Å²) < 4.78 is 6.80. The van der Waals surface area contributed by atoms with Crippen LogP contribution >= 0.6 is 11.6 Å². The van der Waals surface area contributed by atoms with Crippen LogP contribution in [-0.2, 0) is 6.54 Å². The number of benzene rings is 1. The quantitative estimate of drug-likeness (QED) is 0.595. The molecule has 4 rings (SSSR count). The summed E-state index contributed by atoms with van der Waals surface area (Å²) in [6.07, 6.45) is 2.97. The van der Waals surface area contributed by atoms with Crippen molar-refractivity contribution in [1.82, 2.24) is 19.5 Å². The molecule has 7 nitrogen and oxygen atoms in total. The zero-order valence-electron chi connectivity index (χ0n) is 12.4. The molecular formula is C16H12ClN5O2. The molecule has 2 N–H and O–H groups in total. The van der Waals surface area contributed by atoms with Crippen molar-refractivity contribution in [3.05, 3.63) is 70.3 Å². The van der Waals surface area contributed by atoms with Crippen LogP contribution in [0.2, 0.25) is 5.02 Å². The first-order valence-electron chi connectivity index (χ1n) is 7.19. The summed E-state index contributed by atoms with van der Waals surface area (Å²) in [7, 11) is 0. The topological polar surface area (TPSA) is 88.7 Å². The van der Waals surface area contributed by atoms with Gasteiger partial charge in [-0.05, 0) is 30.3 Å². The number of furan rings is 1. The average molecular weight is 342 g/mol. The highest BCUT2D eigenvalue weighted by Crippen LogP contribution is 2.23. The van der Waals surface area contributed by atoms with Crippen LogP contribution in [-0.4, -0.2) is 19.5 Å². The molecule has 0 unspecified atom stereocenters. The zero-order valence-corrected chi connectivity index (χ0v) is 13.1. The van der Waals surface area contributed by atoms with Gasteiger partial charge in [-0.3, -0.25) is 4.57 Å². The molecule has 0 atom stereocenters. The smallest absolute Gasteiger partial charge is 0.328 e. The molecule has 24 heavy (non-hydrogen) atoms. The van der Waals surface area contributed by atoms with Crippen LogP contribution in [0.1, 0.15) is 5.76 Å². The van der Waals surface area contributed by atoms with Gasteiger partial charge >= 0.3 is 5.69 Å². The Kier molecular flexibility index (Phi) is 3.55. The molecule has 0 spiro atoms. The van der Waals surface area contributed by atoms with Crippen LogP contribution < -0.4 is 11.0 Å². The largest absolute Gasteiger partial charge is 0.467 e. The van der Waals surface area contributed by atoms with Crippen LogP contribution in [0.25, 0.3) is 11.2 Å². The third-order valence-corrected chi connectivity index (χ3v) is 3.78. The molecule has 0 saturated heterocycles. The average Bonchev–Trinajstić information content (AvgIpc) is 3.18. The summed E-state index contributed by atoms with van der Waals surface area (Å²) in [5, 5.41) is 3.75. The van der Waals surface area contributed by atoms with Crippen molar-refractivity contribution in [1.29, 1.82) is 0 Å². The van der Waals surface area contributed by atoms with Crippen molar-refractivity contribution in [2.45, 2.75) is 6.54 Å². The SMILES string of the molecule is O=c1[nH]c2c(Nc3cccc(Cl)c3)ncnc2n1Cc1ccco1. The van der Waals surface area contributed by atoms with E-state index in [-0.39, 0.29) is 5.69 Å². The fourth-order valence-electron chi connectivity index (χ4n) is 2.47. The van der Waals surface area contributed by atoms with Crippen molar-refractivity contribution < 1.29 is 4.42 Å². The number of anilines is 2. The molecule has 3 aromatic heterocycles. The Labute approximate surface area is 140 Å². The fourth-order valence-corrected chi connectivity index (χ4v) is 2.66. The van der Waals surface area contributed by atoms with Crippen LogP contribution in [0.5, 0.6) is 0 Å². The zero-order chi connectivity index (χ0) is 16.5.